The fraction of sp³-hybridized carbons (Fsp3) is 0.231. The first-order chi connectivity index (χ1) is 16.2. The van der Waals surface area contributed by atoms with E-state index < -0.39 is 0 Å². The van der Waals surface area contributed by atoms with Crippen LogP contribution in [0.4, 0.5) is 10.3 Å². The van der Waals surface area contributed by atoms with Gasteiger partial charge in [-0.2, -0.15) is 0 Å². The van der Waals surface area contributed by atoms with Crippen LogP contribution in [0, 0.1) is 5.82 Å². The van der Waals surface area contributed by atoms with Crippen molar-refractivity contribution in [3.05, 3.63) is 89.7 Å². The van der Waals surface area contributed by atoms with Crippen LogP contribution in [0.3, 0.4) is 0 Å². The van der Waals surface area contributed by atoms with Gasteiger partial charge in [-0.15, -0.1) is 0 Å². The quantitative estimate of drug-likeness (QED) is 0.487. The third-order valence-electron chi connectivity index (χ3n) is 5.86. The Kier molecular flexibility index (Phi) is 5.93. The molecule has 5 rings (SSSR count). The number of hydrogen-bond acceptors (Lipinski definition) is 4. The zero-order valence-electron chi connectivity index (χ0n) is 18.2. The van der Waals surface area contributed by atoms with Gasteiger partial charge >= 0.3 is 0 Å². The van der Waals surface area contributed by atoms with Gasteiger partial charge in [-0.25, -0.2) is 9.37 Å². The Balaban J connectivity index is 1.23. The molecule has 7 heteroatoms. The molecule has 1 aliphatic heterocycles. The zero-order valence-corrected chi connectivity index (χ0v) is 18.2. The summed E-state index contributed by atoms with van der Waals surface area (Å²) in [7, 11) is 0. The summed E-state index contributed by atoms with van der Waals surface area (Å²) in [6, 6.07) is 21.4. The highest BCUT2D eigenvalue weighted by Crippen LogP contribution is 2.21. The predicted octanol–water partition coefficient (Wildman–Crippen LogP) is 4.63. The Morgan fingerprint density at radius 3 is 2.67 bits per heavy atom. The summed E-state index contributed by atoms with van der Waals surface area (Å²) in [6.45, 7) is 3.18. The van der Waals surface area contributed by atoms with Crippen LogP contribution in [0.15, 0.2) is 72.8 Å². The van der Waals surface area contributed by atoms with Crippen LogP contribution in [0.2, 0.25) is 0 Å². The SMILES string of the molecule is O=C(c1cccc(OCc2ccc(F)cc2)c1)N1CCCN(c2nc3ccccc3[nH]2)CC1. The minimum atomic E-state index is -0.275. The number of carbonyl (C=O) groups excluding carboxylic acids is 1. The largest absolute Gasteiger partial charge is 0.489 e. The predicted molar refractivity (Wildman–Crippen MR) is 126 cm³/mol. The van der Waals surface area contributed by atoms with Gasteiger partial charge in [-0.1, -0.05) is 30.3 Å². The minimum absolute atomic E-state index is 0.00584. The molecule has 3 aromatic carbocycles. The molecule has 1 amide bonds. The lowest BCUT2D eigenvalue weighted by atomic mass is 10.2. The third kappa shape index (κ3) is 4.82. The van der Waals surface area contributed by atoms with Gasteiger partial charge < -0.3 is 19.5 Å². The van der Waals surface area contributed by atoms with Crippen molar-refractivity contribution < 1.29 is 13.9 Å². The first-order valence-electron chi connectivity index (χ1n) is 11.1. The molecule has 2 heterocycles. The van der Waals surface area contributed by atoms with Gasteiger partial charge in [-0.05, 0) is 54.4 Å². The highest BCUT2D eigenvalue weighted by atomic mass is 19.1. The van der Waals surface area contributed by atoms with Gasteiger partial charge in [0.15, 0.2) is 0 Å². The van der Waals surface area contributed by atoms with E-state index in [-0.39, 0.29) is 11.7 Å². The lowest BCUT2D eigenvalue weighted by molar-refractivity contribution is 0.0766. The lowest BCUT2D eigenvalue weighted by Gasteiger charge is -2.22. The summed E-state index contributed by atoms with van der Waals surface area (Å²) in [5.74, 6) is 1.18. The number of hydrogen-bond donors (Lipinski definition) is 1. The average molecular weight is 445 g/mol. The summed E-state index contributed by atoms with van der Waals surface area (Å²) in [5.41, 5.74) is 3.43. The summed E-state index contributed by atoms with van der Waals surface area (Å²) >= 11 is 0. The van der Waals surface area contributed by atoms with Crippen LogP contribution in [0.1, 0.15) is 22.3 Å². The van der Waals surface area contributed by atoms with Crippen LogP contribution in [-0.4, -0.2) is 47.0 Å². The molecule has 33 heavy (non-hydrogen) atoms. The molecule has 168 valence electrons. The molecule has 0 radical (unpaired) electrons. The smallest absolute Gasteiger partial charge is 0.254 e. The van der Waals surface area contributed by atoms with E-state index in [1.165, 1.54) is 12.1 Å². The number of para-hydroxylation sites is 2. The van der Waals surface area contributed by atoms with E-state index in [9.17, 15) is 9.18 Å². The number of anilines is 1. The Morgan fingerprint density at radius 1 is 0.970 bits per heavy atom. The molecule has 4 aromatic rings. The van der Waals surface area contributed by atoms with Crippen LogP contribution < -0.4 is 9.64 Å². The molecule has 0 spiro atoms. The number of nitrogens with one attached hydrogen (secondary N) is 1. The topological polar surface area (TPSA) is 61.5 Å². The second-order valence-corrected chi connectivity index (χ2v) is 8.15. The van der Waals surface area contributed by atoms with Crippen LogP contribution in [-0.2, 0) is 6.61 Å². The number of ether oxygens (including phenoxy) is 1. The van der Waals surface area contributed by atoms with Gasteiger partial charge in [-0.3, -0.25) is 4.79 Å². The van der Waals surface area contributed by atoms with Crippen molar-refractivity contribution in [3.63, 3.8) is 0 Å². The number of aromatic nitrogens is 2. The molecule has 6 nitrogen and oxygen atoms in total. The Labute approximate surface area is 191 Å². The zero-order chi connectivity index (χ0) is 22.6. The number of rotatable bonds is 5. The van der Waals surface area contributed by atoms with Crippen LogP contribution in [0.25, 0.3) is 11.0 Å². The van der Waals surface area contributed by atoms with E-state index in [2.05, 4.69) is 9.88 Å². The number of nitrogens with zero attached hydrogens (tertiary/aromatic N) is 3. The molecule has 1 aliphatic rings. The monoisotopic (exact) mass is 444 g/mol. The molecule has 0 atom stereocenters. The van der Waals surface area contributed by atoms with Crippen molar-refractivity contribution in [1.29, 1.82) is 0 Å². The fourth-order valence-corrected chi connectivity index (χ4v) is 4.07. The van der Waals surface area contributed by atoms with Crippen molar-refractivity contribution in [3.8, 4) is 5.75 Å². The van der Waals surface area contributed by atoms with Crippen molar-refractivity contribution in [1.82, 2.24) is 14.9 Å². The van der Waals surface area contributed by atoms with Crippen molar-refractivity contribution in [2.24, 2.45) is 0 Å². The van der Waals surface area contributed by atoms with E-state index in [4.69, 9.17) is 9.72 Å². The maximum atomic E-state index is 13.2. The van der Waals surface area contributed by atoms with E-state index in [0.29, 0.717) is 37.6 Å². The van der Waals surface area contributed by atoms with Gasteiger partial charge in [0.25, 0.3) is 5.91 Å². The summed E-state index contributed by atoms with van der Waals surface area (Å²) in [6.07, 6.45) is 0.865. The molecule has 0 saturated carbocycles. The number of imidazole rings is 1. The van der Waals surface area contributed by atoms with E-state index in [1.54, 1.807) is 18.2 Å². The number of carbonyl (C=O) groups is 1. The maximum Gasteiger partial charge on any atom is 0.254 e. The molecule has 1 aromatic heterocycles. The number of amides is 1. The number of H-pyrrole nitrogens is 1. The molecule has 0 aliphatic carbocycles. The highest BCUT2D eigenvalue weighted by molar-refractivity contribution is 5.94. The van der Waals surface area contributed by atoms with Gasteiger partial charge in [0, 0.05) is 31.7 Å². The summed E-state index contributed by atoms with van der Waals surface area (Å²) in [5, 5.41) is 0. The first kappa shape index (κ1) is 21.0. The first-order valence-corrected chi connectivity index (χ1v) is 11.1. The minimum Gasteiger partial charge on any atom is -0.489 e. The number of aromatic amines is 1. The maximum absolute atomic E-state index is 13.2. The highest BCUT2D eigenvalue weighted by Gasteiger charge is 2.22. The van der Waals surface area contributed by atoms with Crippen molar-refractivity contribution in [2.75, 3.05) is 31.1 Å². The summed E-state index contributed by atoms with van der Waals surface area (Å²) in [4.78, 5) is 25.4. The van der Waals surface area contributed by atoms with E-state index >= 15 is 0 Å². The standard InChI is InChI=1S/C26H25FN4O2/c27-21-11-9-19(10-12-21)18-33-22-6-3-5-20(17-22)25(32)30-13-4-14-31(16-15-30)26-28-23-7-1-2-8-24(23)29-26/h1-3,5-12,17H,4,13-16,18H2,(H,28,29). The second kappa shape index (κ2) is 9.32. The van der Waals surface area contributed by atoms with Gasteiger partial charge in [0.1, 0.15) is 18.2 Å². The Bertz CT molecular complexity index is 1220. The van der Waals surface area contributed by atoms with Gasteiger partial charge in [0.05, 0.1) is 11.0 Å². The van der Waals surface area contributed by atoms with E-state index in [0.717, 1.165) is 35.5 Å². The lowest BCUT2D eigenvalue weighted by Crippen LogP contribution is -2.35. The number of benzene rings is 3. The molecule has 0 unspecified atom stereocenters. The molecule has 0 bridgehead atoms. The molecular weight excluding hydrogens is 419 g/mol. The van der Waals surface area contributed by atoms with Crippen LogP contribution >= 0.6 is 0 Å². The average Bonchev–Trinajstić information content (AvgIpc) is 3.13. The fourth-order valence-electron chi connectivity index (χ4n) is 4.07. The molecule has 1 saturated heterocycles. The van der Waals surface area contributed by atoms with Crippen molar-refractivity contribution in [2.45, 2.75) is 13.0 Å². The third-order valence-corrected chi connectivity index (χ3v) is 5.86. The Morgan fingerprint density at radius 2 is 1.82 bits per heavy atom. The number of fused-ring (bicyclic) bond motifs is 1. The number of halogens is 1. The van der Waals surface area contributed by atoms with Gasteiger partial charge in [0.2, 0.25) is 5.95 Å². The molecule has 1 fully saturated rings. The van der Waals surface area contributed by atoms with E-state index in [1.807, 2.05) is 47.4 Å². The molecule has 1 N–H and O–H groups in total. The molecular formula is C26H25FN4O2. The second-order valence-electron chi connectivity index (χ2n) is 8.15. The normalized spacial score (nSPS) is 14.3. The summed E-state index contributed by atoms with van der Waals surface area (Å²) < 4.78 is 18.9. The van der Waals surface area contributed by atoms with Crippen molar-refractivity contribution >= 4 is 22.9 Å². The van der Waals surface area contributed by atoms with Crippen LogP contribution in [0.5, 0.6) is 5.75 Å². The Hall–Kier alpha value is -3.87.